The number of ether oxygens (including phenoxy) is 2. The molecule has 0 aromatic heterocycles. The Balaban J connectivity index is 1.90. The van der Waals surface area contributed by atoms with Gasteiger partial charge < -0.3 is 19.7 Å². The molecule has 1 aliphatic rings. The number of nitrogens with one attached hydrogen (secondary N) is 1. The molecule has 136 valence electrons. The van der Waals surface area contributed by atoms with E-state index in [1.807, 2.05) is 0 Å². The van der Waals surface area contributed by atoms with Gasteiger partial charge in [-0.1, -0.05) is 11.6 Å². The fourth-order valence-corrected chi connectivity index (χ4v) is 3.10. The molecule has 0 unspecified atom stereocenters. The van der Waals surface area contributed by atoms with Gasteiger partial charge in [-0.15, -0.1) is 0 Å². The summed E-state index contributed by atoms with van der Waals surface area (Å²) < 4.78 is 10.4. The van der Waals surface area contributed by atoms with Crippen molar-refractivity contribution in [2.75, 3.05) is 31.0 Å². The molecule has 1 saturated heterocycles. The number of hydrogen-bond donors (Lipinski definition) is 1. The van der Waals surface area contributed by atoms with E-state index >= 15 is 0 Å². The van der Waals surface area contributed by atoms with E-state index in [-0.39, 0.29) is 11.8 Å². The topological polar surface area (TPSA) is 67.9 Å². The minimum absolute atomic E-state index is 0.00701. The molecule has 1 aliphatic heterocycles. The number of hydrogen-bond acceptors (Lipinski definition) is 4. The summed E-state index contributed by atoms with van der Waals surface area (Å²) in [6.45, 7) is 0.579. The summed E-state index contributed by atoms with van der Waals surface area (Å²) in [5.41, 5.74) is 1.47. The molecule has 0 saturated carbocycles. The highest BCUT2D eigenvalue weighted by molar-refractivity contribution is 6.31. The van der Waals surface area contributed by atoms with E-state index < -0.39 is 0 Å². The molecule has 7 heteroatoms. The third-order valence-electron chi connectivity index (χ3n) is 4.21. The summed E-state index contributed by atoms with van der Waals surface area (Å²) in [4.78, 5) is 26.5. The van der Waals surface area contributed by atoms with Gasteiger partial charge in [0, 0.05) is 29.7 Å². The first-order chi connectivity index (χ1) is 12.5. The van der Waals surface area contributed by atoms with Crippen molar-refractivity contribution in [3.05, 3.63) is 47.0 Å². The predicted molar refractivity (Wildman–Crippen MR) is 101 cm³/mol. The molecule has 1 fully saturated rings. The van der Waals surface area contributed by atoms with Crippen LogP contribution in [0.5, 0.6) is 11.5 Å². The highest BCUT2D eigenvalue weighted by Gasteiger charge is 2.26. The van der Waals surface area contributed by atoms with Crippen LogP contribution in [0.3, 0.4) is 0 Å². The summed E-state index contributed by atoms with van der Waals surface area (Å²) in [5.74, 6) is 0.743. The second-order valence-corrected chi connectivity index (χ2v) is 6.27. The van der Waals surface area contributed by atoms with Crippen LogP contribution in [0.4, 0.5) is 11.4 Å². The van der Waals surface area contributed by atoms with Gasteiger partial charge in [-0.25, -0.2) is 0 Å². The number of methoxy groups -OCH3 is 2. The summed E-state index contributed by atoms with van der Waals surface area (Å²) in [6, 6.07) is 10.0. The number of carbonyl (C=O) groups is 2. The molecular weight excluding hydrogens is 356 g/mol. The molecule has 26 heavy (non-hydrogen) atoms. The first kappa shape index (κ1) is 18.1. The van der Waals surface area contributed by atoms with E-state index in [0.717, 1.165) is 6.42 Å². The Hall–Kier alpha value is -2.73. The number of anilines is 2. The largest absolute Gasteiger partial charge is 0.493 e. The number of nitrogens with zero attached hydrogens (tertiary/aromatic N) is 1. The number of benzene rings is 2. The fraction of sp³-hybridized carbons (Fsp3) is 0.263. The van der Waals surface area contributed by atoms with E-state index in [2.05, 4.69) is 5.32 Å². The average molecular weight is 375 g/mol. The molecule has 3 rings (SSSR count). The lowest BCUT2D eigenvalue weighted by Gasteiger charge is -2.20. The monoisotopic (exact) mass is 374 g/mol. The smallest absolute Gasteiger partial charge is 0.257 e. The first-order valence-electron chi connectivity index (χ1n) is 8.17. The van der Waals surface area contributed by atoms with Crippen LogP contribution in [0, 0.1) is 0 Å². The van der Waals surface area contributed by atoms with Crippen molar-refractivity contribution < 1.29 is 19.1 Å². The molecule has 1 N–H and O–H groups in total. The Morgan fingerprint density at radius 1 is 1.12 bits per heavy atom. The lowest BCUT2D eigenvalue weighted by atomic mass is 10.1. The van der Waals surface area contributed by atoms with Crippen molar-refractivity contribution in [2.45, 2.75) is 12.8 Å². The van der Waals surface area contributed by atoms with Crippen LogP contribution in [-0.4, -0.2) is 32.6 Å². The van der Waals surface area contributed by atoms with Crippen LogP contribution in [0.2, 0.25) is 5.02 Å². The van der Waals surface area contributed by atoms with E-state index in [1.54, 1.807) is 48.4 Å². The SMILES string of the molecule is COc1ccc(NC(=O)c2ccc(Cl)cc2N2CCCC2=O)cc1OC. The lowest BCUT2D eigenvalue weighted by molar-refractivity contribution is -0.117. The van der Waals surface area contributed by atoms with Gasteiger partial charge in [0.15, 0.2) is 11.5 Å². The van der Waals surface area contributed by atoms with Gasteiger partial charge in [-0.3, -0.25) is 9.59 Å². The lowest BCUT2D eigenvalue weighted by Crippen LogP contribution is -2.27. The third-order valence-corrected chi connectivity index (χ3v) is 4.45. The van der Waals surface area contributed by atoms with Gasteiger partial charge in [0.2, 0.25) is 5.91 Å². The van der Waals surface area contributed by atoms with Crippen LogP contribution < -0.4 is 19.7 Å². The Labute approximate surface area is 156 Å². The second-order valence-electron chi connectivity index (χ2n) is 5.83. The maximum Gasteiger partial charge on any atom is 0.257 e. The molecule has 2 amide bonds. The Kier molecular flexibility index (Phi) is 5.32. The molecular formula is C19H19ClN2O4. The van der Waals surface area contributed by atoms with Gasteiger partial charge >= 0.3 is 0 Å². The highest BCUT2D eigenvalue weighted by Crippen LogP contribution is 2.32. The molecule has 1 heterocycles. The maximum absolute atomic E-state index is 12.8. The molecule has 0 bridgehead atoms. The normalized spacial score (nSPS) is 13.7. The molecule has 0 radical (unpaired) electrons. The standard InChI is InChI=1S/C19H19ClN2O4/c1-25-16-8-6-13(11-17(16)26-2)21-19(24)14-7-5-12(20)10-15(14)22-9-3-4-18(22)23/h5-8,10-11H,3-4,9H2,1-2H3,(H,21,24). The number of halogens is 1. The summed E-state index contributed by atoms with van der Waals surface area (Å²) >= 11 is 6.08. The van der Waals surface area contributed by atoms with E-state index in [4.69, 9.17) is 21.1 Å². The van der Waals surface area contributed by atoms with Crippen molar-refractivity contribution in [3.63, 3.8) is 0 Å². The molecule has 6 nitrogen and oxygen atoms in total. The van der Waals surface area contributed by atoms with Crippen molar-refractivity contribution in [2.24, 2.45) is 0 Å². The Bertz CT molecular complexity index is 853. The van der Waals surface area contributed by atoms with Crippen molar-refractivity contribution in [1.82, 2.24) is 0 Å². The Morgan fingerprint density at radius 2 is 1.88 bits per heavy atom. The predicted octanol–water partition coefficient (Wildman–Crippen LogP) is 3.74. The van der Waals surface area contributed by atoms with Gasteiger partial charge in [0.05, 0.1) is 25.5 Å². The summed E-state index contributed by atoms with van der Waals surface area (Å²) in [7, 11) is 3.07. The minimum atomic E-state index is -0.330. The van der Waals surface area contributed by atoms with E-state index in [9.17, 15) is 9.59 Å². The van der Waals surface area contributed by atoms with Crippen molar-refractivity contribution >= 4 is 34.8 Å². The van der Waals surface area contributed by atoms with E-state index in [1.165, 1.54) is 7.11 Å². The van der Waals surface area contributed by atoms with Crippen LogP contribution in [0.1, 0.15) is 23.2 Å². The molecule has 0 atom stereocenters. The minimum Gasteiger partial charge on any atom is -0.493 e. The highest BCUT2D eigenvalue weighted by atomic mass is 35.5. The maximum atomic E-state index is 12.8. The van der Waals surface area contributed by atoms with Crippen LogP contribution in [0.25, 0.3) is 0 Å². The first-order valence-corrected chi connectivity index (χ1v) is 8.54. The number of amides is 2. The van der Waals surface area contributed by atoms with E-state index in [0.29, 0.717) is 46.4 Å². The summed E-state index contributed by atoms with van der Waals surface area (Å²) in [5, 5.41) is 3.30. The van der Waals surface area contributed by atoms with Crippen LogP contribution >= 0.6 is 11.6 Å². The third kappa shape index (κ3) is 3.60. The van der Waals surface area contributed by atoms with Crippen molar-refractivity contribution in [3.8, 4) is 11.5 Å². The Morgan fingerprint density at radius 3 is 2.54 bits per heavy atom. The zero-order valence-corrected chi connectivity index (χ0v) is 15.3. The number of carbonyl (C=O) groups excluding carboxylic acids is 2. The van der Waals surface area contributed by atoms with Crippen LogP contribution in [-0.2, 0) is 4.79 Å². The second kappa shape index (κ2) is 7.66. The van der Waals surface area contributed by atoms with Crippen molar-refractivity contribution in [1.29, 1.82) is 0 Å². The van der Waals surface area contributed by atoms with Crippen LogP contribution in [0.15, 0.2) is 36.4 Å². The number of rotatable bonds is 5. The zero-order valence-electron chi connectivity index (χ0n) is 14.5. The quantitative estimate of drug-likeness (QED) is 0.865. The molecule has 0 aliphatic carbocycles. The molecule has 2 aromatic rings. The summed E-state index contributed by atoms with van der Waals surface area (Å²) in [6.07, 6.45) is 1.24. The molecule has 0 spiro atoms. The fourth-order valence-electron chi connectivity index (χ4n) is 2.94. The van der Waals surface area contributed by atoms with Gasteiger partial charge in [0.25, 0.3) is 5.91 Å². The zero-order chi connectivity index (χ0) is 18.7. The van der Waals surface area contributed by atoms with Gasteiger partial charge in [0.1, 0.15) is 0 Å². The molecule has 2 aromatic carbocycles. The van der Waals surface area contributed by atoms with Gasteiger partial charge in [-0.05, 0) is 36.8 Å². The van der Waals surface area contributed by atoms with Gasteiger partial charge in [-0.2, -0.15) is 0 Å². The average Bonchev–Trinajstić information content (AvgIpc) is 3.07.